The van der Waals surface area contributed by atoms with Crippen LogP contribution >= 0.6 is 0 Å². The van der Waals surface area contributed by atoms with E-state index in [-0.39, 0.29) is 10.8 Å². The zero-order valence-corrected chi connectivity index (χ0v) is 19.2. The fourth-order valence-electron chi connectivity index (χ4n) is 3.41. The molecule has 0 N–H and O–H groups in total. The van der Waals surface area contributed by atoms with Gasteiger partial charge in [0, 0.05) is 18.7 Å². The molecule has 0 bridgehead atoms. The largest absolute Gasteiger partial charge is 0.375 e. The molecular weight excluding hydrogens is 358 g/mol. The highest BCUT2D eigenvalue weighted by Gasteiger charge is 2.19. The van der Waals surface area contributed by atoms with Crippen LogP contribution in [0.3, 0.4) is 0 Å². The standard InChI is InChI=1S/C26H37NO2/c1-25(2,3)23-10-8-9-21(15-23)19-29-14-13-27(7)17-22-12-11-20(18-28)16-24(22)26(4,5)6/h8-12,15-16,18H,13-14,17,19H2,1-7H3. The van der Waals surface area contributed by atoms with Gasteiger partial charge in [-0.1, -0.05) is 77.9 Å². The molecule has 0 saturated carbocycles. The Morgan fingerprint density at radius 3 is 2.31 bits per heavy atom. The average Bonchev–Trinajstić information content (AvgIpc) is 2.64. The molecule has 0 heterocycles. The number of benzene rings is 2. The van der Waals surface area contributed by atoms with Crippen LogP contribution in [0.5, 0.6) is 0 Å². The summed E-state index contributed by atoms with van der Waals surface area (Å²) in [6, 6.07) is 14.7. The molecule has 2 aromatic carbocycles. The smallest absolute Gasteiger partial charge is 0.150 e. The molecule has 3 nitrogen and oxygen atoms in total. The van der Waals surface area contributed by atoms with Crippen LogP contribution in [0.1, 0.15) is 74.2 Å². The summed E-state index contributed by atoms with van der Waals surface area (Å²) in [6.07, 6.45) is 0.922. The van der Waals surface area contributed by atoms with E-state index in [0.29, 0.717) is 13.2 Å². The Balaban J connectivity index is 1.90. The summed E-state index contributed by atoms with van der Waals surface area (Å²) in [5.41, 5.74) is 5.95. The van der Waals surface area contributed by atoms with Crippen LogP contribution in [0.2, 0.25) is 0 Å². The molecule has 2 rings (SSSR count). The molecule has 0 aliphatic heterocycles. The van der Waals surface area contributed by atoms with Gasteiger partial charge < -0.3 is 4.74 Å². The van der Waals surface area contributed by atoms with Gasteiger partial charge in [0.05, 0.1) is 13.2 Å². The van der Waals surface area contributed by atoms with E-state index in [1.807, 2.05) is 12.1 Å². The number of likely N-dealkylation sites (N-methyl/N-ethyl adjacent to an activating group) is 1. The number of carbonyl (C=O) groups is 1. The van der Waals surface area contributed by atoms with Gasteiger partial charge in [0.1, 0.15) is 6.29 Å². The predicted molar refractivity (Wildman–Crippen MR) is 122 cm³/mol. The number of hydrogen-bond donors (Lipinski definition) is 0. The lowest BCUT2D eigenvalue weighted by molar-refractivity contribution is 0.0978. The highest BCUT2D eigenvalue weighted by molar-refractivity contribution is 5.75. The summed E-state index contributed by atoms with van der Waals surface area (Å²) in [6.45, 7) is 16.3. The Bertz CT molecular complexity index is 812. The Morgan fingerprint density at radius 2 is 1.69 bits per heavy atom. The summed E-state index contributed by atoms with van der Waals surface area (Å²) in [4.78, 5) is 13.4. The van der Waals surface area contributed by atoms with Crippen LogP contribution in [0.25, 0.3) is 0 Å². The number of nitrogens with zero attached hydrogens (tertiary/aromatic N) is 1. The van der Waals surface area contributed by atoms with Crippen molar-refractivity contribution < 1.29 is 9.53 Å². The third-order valence-electron chi connectivity index (χ3n) is 5.20. The van der Waals surface area contributed by atoms with Crippen molar-refractivity contribution in [1.82, 2.24) is 4.90 Å². The van der Waals surface area contributed by atoms with Gasteiger partial charge in [0.2, 0.25) is 0 Å². The second kappa shape index (κ2) is 9.69. The van der Waals surface area contributed by atoms with Gasteiger partial charge in [-0.15, -0.1) is 0 Å². The highest BCUT2D eigenvalue weighted by atomic mass is 16.5. The maximum atomic E-state index is 11.2. The zero-order chi connectivity index (χ0) is 21.7. The van der Waals surface area contributed by atoms with Crippen molar-refractivity contribution in [2.75, 3.05) is 20.2 Å². The molecule has 0 spiro atoms. The number of ether oxygens (including phenoxy) is 1. The van der Waals surface area contributed by atoms with Gasteiger partial charge in [0.15, 0.2) is 0 Å². The topological polar surface area (TPSA) is 29.5 Å². The lowest BCUT2D eigenvalue weighted by Crippen LogP contribution is -2.25. The second-order valence-corrected chi connectivity index (χ2v) is 10.0. The minimum absolute atomic E-state index is 0.00373. The summed E-state index contributed by atoms with van der Waals surface area (Å²) in [7, 11) is 2.11. The van der Waals surface area contributed by atoms with Crippen molar-refractivity contribution in [2.45, 2.75) is 65.5 Å². The van der Waals surface area contributed by atoms with Crippen LogP contribution in [0.15, 0.2) is 42.5 Å². The Labute approximate surface area is 177 Å². The van der Waals surface area contributed by atoms with E-state index in [0.717, 1.165) is 24.9 Å². The van der Waals surface area contributed by atoms with E-state index in [9.17, 15) is 4.79 Å². The first-order chi connectivity index (χ1) is 13.5. The van der Waals surface area contributed by atoms with Crippen LogP contribution in [0, 0.1) is 0 Å². The van der Waals surface area contributed by atoms with E-state index in [1.54, 1.807) is 0 Å². The molecule has 0 aliphatic rings. The molecule has 0 radical (unpaired) electrons. The molecule has 0 aliphatic carbocycles. The normalized spacial score (nSPS) is 12.4. The maximum Gasteiger partial charge on any atom is 0.150 e. The Morgan fingerprint density at radius 1 is 0.966 bits per heavy atom. The van der Waals surface area contributed by atoms with E-state index < -0.39 is 0 Å². The number of hydrogen-bond acceptors (Lipinski definition) is 3. The van der Waals surface area contributed by atoms with Crippen molar-refractivity contribution >= 4 is 6.29 Å². The van der Waals surface area contributed by atoms with E-state index in [1.165, 1.54) is 22.3 Å². The molecule has 0 amide bonds. The van der Waals surface area contributed by atoms with Crippen molar-refractivity contribution in [3.8, 4) is 0 Å². The Hall–Kier alpha value is -1.97. The van der Waals surface area contributed by atoms with E-state index in [4.69, 9.17) is 4.74 Å². The van der Waals surface area contributed by atoms with Crippen LogP contribution in [-0.4, -0.2) is 31.4 Å². The molecule has 0 unspecified atom stereocenters. The highest BCUT2D eigenvalue weighted by Crippen LogP contribution is 2.27. The van der Waals surface area contributed by atoms with Crippen molar-refractivity contribution in [3.63, 3.8) is 0 Å². The first kappa shape index (κ1) is 23.3. The van der Waals surface area contributed by atoms with E-state index in [2.05, 4.69) is 83.8 Å². The van der Waals surface area contributed by atoms with Gasteiger partial charge >= 0.3 is 0 Å². The summed E-state index contributed by atoms with van der Waals surface area (Å²) in [5, 5.41) is 0. The quantitative estimate of drug-likeness (QED) is 0.421. The van der Waals surface area contributed by atoms with Gasteiger partial charge in [-0.3, -0.25) is 9.69 Å². The number of rotatable bonds is 8. The fourth-order valence-corrected chi connectivity index (χ4v) is 3.41. The molecule has 0 aromatic heterocycles. The predicted octanol–water partition coefficient (Wildman–Crippen LogP) is 5.74. The third-order valence-corrected chi connectivity index (χ3v) is 5.20. The second-order valence-electron chi connectivity index (χ2n) is 10.0. The van der Waals surface area contributed by atoms with Crippen molar-refractivity contribution in [1.29, 1.82) is 0 Å². The third kappa shape index (κ3) is 7.09. The molecule has 0 fully saturated rings. The number of carbonyl (C=O) groups excluding carboxylic acids is 1. The molecule has 0 saturated heterocycles. The van der Waals surface area contributed by atoms with Crippen LogP contribution in [-0.2, 0) is 28.7 Å². The summed E-state index contributed by atoms with van der Waals surface area (Å²) >= 11 is 0. The van der Waals surface area contributed by atoms with Gasteiger partial charge in [-0.25, -0.2) is 0 Å². The zero-order valence-electron chi connectivity index (χ0n) is 19.2. The first-order valence-electron chi connectivity index (χ1n) is 10.4. The van der Waals surface area contributed by atoms with Gasteiger partial charge in [-0.05, 0) is 46.2 Å². The molecule has 29 heavy (non-hydrogen) atoms. The SMILES string of the molecule is CN(CCOCc1cccc(C(C)(C)C)c1)Cc1ccc(C=O)cc1C(C)(C)C. The fraction of sp³-hybridized carbons (Fsp3) is 0.500. The lowest BCUT2D eigenvalue weighted by Gasteiger charge is -2.26. The van der Waals surface area contributed by atoms with Crippen molar-refractivity contribution in [2.24, 2.45) is 0 Å². The number of aldehydes is 1. The summed E-state index contributed by atoms with van der Waals surface area (Å²) < 4.78 is 5.94. The minimum atomic E-state index is 0.00373. The van der Waals surface area contributed by atoms with Crippen LogP contribution < -0.4 is 0 Å². The van der Waals surface area contributed by atoms with Gasteiger partial charge in [0.25, 0.3) is 0 Å². The molecule has 2 aromatic rings. The molecular formula is C26H37NO2. The Kier molecular flexibility index (Phi) is 7.79. The molecule has 3 heteroatoms. The average molecular weight is 396 g/mol. The van der Waals surface area contributed by atoms with E-state index >= 15 is 0 Å². The first-order valence-corrected chi connectivity index (χ1v) is 10.4. The minimum Gasteiger partial charge on any atom is -0.375 e. The summed E-state index contributed by atoms with van der Waals surface area (Å²) in [5.74, 6) is 0. The maximum absolute atomic E-state index is 11.2. The molecule has 0 atom stereocenters. The van der Waals surface area contributed by atoms with Crippen LogP contribution in [0.4, 0.5) is 0 Å². The van der Waals surface area contributed by atoms with Crippen molar-refractivity contribution in [3.05, 3.63) is 70.3 Å². The monoisotopic (exact) mass is 395 g/mol. The molecule has 158 valence electrons. The van der Waals surface area contributed by atoms with Gasteiger partial charge in [-0.2, -0.15) is 0 Å². The lowest BCUT2D eigenvalue weighted by atomic mass is 9.82.